The van der Waals surface area contributed by atoms with Crippen LogP contribution in [0.25, 0.3) is 0 Å². The summed E-state index contributed by atoms with van der Waals surface area (Å²) < 4.78 is 0. The molecule has 18 heavy (non-hydrogen) atoms. The van der Waals surface area contributed by atoms with Crippen molar-refractivity contribution in [3.8, 4) is 0 Å². The Hall–Kier alpha value is -1.40. The molecule has 2 saturated heterocycles. The van der Waals surface area contributed by atoms with Crippen molar-refractivity contribution in [2.24, 2.45) is 0 Å². The number of fused-ring (bicyclic) bond motifs is 1. The highest BCUT2D eigenvalue weighted by Crippen LogP contribution is 2.36. The van der Waals surface area contributed by atoms with Gasteiger partial charge in [-0.2, -0.15) is 11.3 Å². The molecule has 0 radical (unpaired) electrons. The minimum absolute atomic E-state index is 0.0337. The van der Waals surface area contributed by atoms with Crippen LogP contribution >= 0.6 is 11.3 Å². The van der Waals surface area contributed by atoms with E-state index in [2.05, 4.69) is 0 Å². The van der Waals surface area contributed by atoms with Gasteiger partial charge < -0.3 is 10.0 Å². The fourth-order valence-corrected chi connectivity index (χ4v) is 3.66. The largest absolute Gasteiger partial charge is 0.480 e. The summed E-state index contributed by atoms with van der Waals surface area (Å²) in [4.78, 5) is 26.6. The number of rotatable bonds is 3. The highest BCUT2D eigenvalue weighted by Gasteiger charge is 2.47. The fourth-order valence-electron chi connectivity index (χ4n) is 3.03. The lowest BCUT2D eigenvalue weighted by molar-refractivity contribution is -0.138. The van der Waals surface area contributed by atoms with Gasteiger partial charge in [-0.1, -0.05) is 0 Å². The van der Waals surface area contributed by atoms with Crippen LogP contribution in [0.1, 0.15) is 12.8 Å². The second-order valence-electron chi connectivity index (χ2n) is 4.74. The third-order valence-electron chi connectivity index (χ3n) is 3.73. The monoisotopic (exact) mass is 266 g/mol. The van der Waals surface area contributed by atoms with Crippen LogP contribution in [0.3, 0.4) is 0 Å². The van der Waals surface area contributed by atoms with E-state index >= 15 is 0 Å². The Labute approximate surface area is 109 Å². The zero-order valence-corrected chi connectivity index (χ0v) is 10.6. The maximum absolute atomic E-state index is 12.1. The molecule has 1 aromatic heterocycles. The smallest absolute Gasteiger partial charge is 0.317 e. The van der Waals surface area contributed by atoms with E-state index in [4.69, 9.17) is 5.11 Å². The molecule has 3 rings (SSSR count). The van der Waals surface area contributed by atoms with Gasteiger partial charge in [0.1, 0.15) is 0 Å². The van der Waals surface area contributed by atoms with Crippen molar-refractivity contribution in [1.29, 1.82) is 0 Å². The molecule has 0 aliphatic carbocycles. The Morgan fingerprint density at radius 3 is 3.00 bits per heavy atom. The Morgan fingerprint density at radius 1 is 1.50 bits per heavy atom. The molecular formula is C12H14N2O3S. The van der Waals surface area contributed by atoms with Gasteiger partial charge in [-0.3, -0.25) is 14.5 Å². The van der Waals surface area contributed by atoms with Gasteiger partial charge in [-0.25, -0.2) is 0 Å². The molecular weight excluding hydrogens is 252 g/mol. The number of carbonyl (C=O) groups is 2. The van der Waals surface area contributed by atoms with Crippen LogP contribution in [0.5, 0.6) is 0 Å². The summed E-state index contributed by atoms with van der Waals surface area (Å²) in [5, 5.41) is 12.8. The Kier molecular flexibility index (Phi) is 2.83. The lowest BCUT2D eigenvalue weighted by Crippen LogP contribution is -2.39. The molecule has 6 heteroatoms. The number of likely N-dealkylation sites (tertiary alicyclic amines) is 1. The number of nitrogens with zero attached hydrogens (tertiary/aromatic N) is 2. The first-order valence-electron chi connectivity index (χ1n) is 5.97. The second-order valence-corrected chi connectivity index (χ2v) is 5.52. The molecule has 2 aliphatic rings. The molecule has 0 saturated carbocycles. The number of amides is 1. The van der Waals surface area contributed by atoms with Crippen LogP contribution in [0.2, 0.25) is 0 Å². The SMILES string of the molecule is O=C(O)CN1CC[C@@H]2[C@H]1CC(=O)N2c1ccsc1. The molecule has 2 fully saturated rings. The minimum atomic E-state index is -0.822. The maximum atomic E-state index is 12.1. The molecule has 0 unspecified atom stereocenters. The summed E-state index contributed by atoms with van der Waals surface area (Å²) in [7, 11) is 0. The van der Waals surface area contributed by atoms with Crippen molar-refractivity contribution < 1.29 is 14.7 Å². The number of carbonyl (C=O) groups excluding carboxylic acids is 1. The van der Waals surface area contributed by atoms with Crippen molar-refractivity contribution >= 4 is 28.9 Å². The standard InChI is InChI=1S/C12H14N2O3S/c15-11-5-10-9(1-3-13(10)6-12(16)17)14(11)8-2-4-18-7-8/h2,4,7,9-10H,1,3,5-6H2,(H,16,17)/t9-,10-/m1/s1. The van der Waals surface area contributed by atoms with Crippen LogP contribution in [-0.4, -0.2) is 47.1 Å². The predicted molar refractivity (Wildman–Crippen MR) is 67.8 cm³/mol. The van der Waals surface area contributed by atoms with E-state index in [0.29, 0.717) is 6.42 Å². The van der Waals surface area contributed by atoms with E-state index in [1.165, 1.54) is 0 Å². The van der Waals surface area contributed by atoms with Gasteiger partial charge in [0.05, 0.1) is 18.3 Å². The van der Waals surface area contributed by atoms with Crippen molar-refractivity contribution in [3.05, 3.63) is 16.8 Å². The van der Waals surface area contributed by atoms with Crippen LogP contribution in [-0.2, 0) is 9.59 Å². The van der Waals surface area contributed by atoms with Gasteiger partial charge in [0.2, 0.25) is 5.91 Å². The molecule has 1 aromatic rings. The lowest BCUT2D eigenvalue weighted by atomic mass is 10.1. The van der Waals surface area contributed by atoms with Crippen LogP contribution in [0, 0.1) is 0 Å². The van der Waals surface area contributed by atoms with E-state index < -0.39 is 5.97 Å². The first-order valence-corrected chi connectivity index (χ1v) is 6.91. The van der Waals surface area contributed by atoms with Crippen molar-refractivity contribution in [2.45, 2.75) is 24.9 Å². The Balaban J connectivity index is 1.81. The third kappa shape index (κ3) is 1.81. The molecule has 96 valence electrons. The summed E-state index contributed by atoms with van der Waals surface area (Å²) in [6, 6.07) is 2.16. The molecule has 5 nitrogen and oxygen atoms in total. The number of hydrogen-bond acceptors (Lipinski definition) is 4. The molecule has 2 aliphatic heterocycles. The van der Waals surface area contributed by atoms with E-state index in [1.807, 2.05) is 26.6 Å². The van der Waals surface area contributed by atoms with Crippen LogP contribution < -0.4 is 4.90 Å². The Bertz CT molecular complexity index is 474. The summed E-state index contributed by atoms with van der Waals surface area (Å²) in [6.07, 6.45) is 1.30. The molecule has 1 N–H and O–H groups in total. The van der Waals surface area contributed by atoms with Gasteiger partial charge in [0, 0.05) is 24.4 Å². The Morgan fingerprint density at radius 2 is 2.33 bits per heavy atom. The van der Waals surface area contributed by atoms with E-state index in [0.717, 1.165) is 18.7 Å². The number of carboxylic acids is 1. The lowest BCUT2D eigenvalue weighted by Gasteiger charge is -2.23. The summed E-state index contributed by atoms with van der Waals surface area (Å²) >= 11 is 1.57. The normalized spacial score (nSPS) is 27.8. The van der Waals surface area contributed by atoms with Crippen LogP contribution in [0.15, 0.2) is 16.8 Å². The quantitative estimate of drug-likeness (QED) is 0.887. The first kappa shape index (κ1) is 11.7. The summed E-state index contributed by atoms with van der Waals surface area (Å²) in [5.41, 5.74) is 0.953. The van der Waals surface area contributed by atoms with E-state index in [1.54, 1.807) is 11.3 Å². The number of hydrogen-bond donors (Lipinski definition) is 1. The zero-order chi connectivity index (χ0) is 12.7. The molecule has 0 bridgehead atoms. The average molecular weight is 266 g/mol. The van der Waals surface area contributed by atoms with Gasteiger partial charge in [0.15, 0.2) is 0 Å². The molecule has 2 atom stereocenters. The van der Waals surface area contributed by atoms with Crippen molar-refractivity contribution in [3.63, 3.8) is 0 Å². The van der Waals surface area contributed by atoms with Gasteiger partial charge in [-0.15, -0.1) is 0 Å². The molecule has 0 spiro atoms. The van der Waals surface area contributed by atoms with Crippen molar-refractivity contribution in [1.82, 2.24) is 4.90 Å². The van der Waals surface area contributed by atoms with E-state index in [-0.39, 0.29) is 24.5 Å². The van der Waals surface area contributed by atoms with E-state index in [9.17, 15) is 9.59 Å². The maximum Gasteiger partial charge on any atom is 0.317 e. The molecule has 1 amide bonds. The highest BCUT2D eigenvalue weighted by molar-refractivity contribution is 7.08. The second kappa shape index (κ2) is 4.37. The number of aliphatic carboxylic acids is 1. The minimum Gasteiger partial charge on any atom is -0.480 e. The highest BCUT2D eigenvalue weighted by atomic mass is 32.1. The third-order valence-corrected chi connectivity index (χ3v) is 4.40. The van der Waals surface area contributed by atoms with Gasteiger partial charge >= 0.3 is 5.97 Å². The number of anilines is 1. The van der Waals surface area contributed by atoms with Gasteiger partial charge in [-0.05, 0) is 17.9 Å². The van der Waals surface area contributed by atoms with Gasteiger partial charge in [0.25, 0.3) is 0 Å². The predicted octanol–water partition coefficient (Wildman–Crippen LogP) is 1.01. The topological polar surface area (TPSA) is 60.9 Å². The fraction of sp³-hybridized carbons (Fsp3) is 0.500. The molecule has 0 aromatic carbocycles. The summed E-state index contributed by atoms with van der Waals surface area (Å²) in [5.74, 6) is -0.712. The number of thiophene rings is 1. The zero-order valence-electron chi connectivity index (χ0n) is 9.78. The van der Waals surface area contributed by atoms with Crippen molar-refractivity contribution in [2.75, 3.05) is 18.0 Å². The molecule has 3 heterocycles. The first-order chi connectivity index (χ1) is 8.66. The van der Waals surface area contributed by atoms with Crippen LogP contribution in [0.4, 0.5) is 5.69 Å². The average Bonchev–Trinajstić information content (AvgIpc) is 2.96. The summed E-state index contributed by atoms with van der Waals surface area (Å²) in [6.45, 7) is 0.793. The number of carboxylic acid groups (broad SMARTS) is 1.